The number of phenols is 2. The molecule has 140 valence electrons. The first-order chi connectivity index (χ1) is 12.4. The normalized spacial score (nSPS) is 10.7. The maximum absolute atomic E-state index is 13.5. The summed E-state index contributed by atoms with van der Waals surface area (Å²) in [7, 11) is 0. The number of rotatable bonds is 9. The molecule has 4 nitrogen and oxygen atoms in total. The number of ether oxygens (including phenoxy) is 1. The lowest BCUT2D eigenvalue weighted by Crippen LogP contribution is -2.12. The number of unbranched alkanes of at least 4 members (excludes halogenated alkanes) is 3. The Morgan fingerprint density at radius 2 is 1.85 bits per heavy atom. The van der Waals surface area contributed by atoms with Crippen molar-refractivity contribution in [1.29, 1.82) is 0 Å². The SMILES string of the molecule is CCCCCCc1cc(C(=O)COc2ccc(C)c(F)c2)c(O)cc1O. The number of ketones is 1. The lowest BCUT2D eigenvalue weighted by molar-refractivity contribution is 0.0918. The predicted octanol–water partition coefficient (Wildman–Crippen LogP) is 4.93. The molecule has 0 atom stereocenters. The lowest BCUT2D eigenvalue weighted by atomic mass is 10.0. The molecule has 0 heterocycles. The fourth-order valence-electron chi connectivity index (χ4n) is 2.68. The van der Waals surface area contributed by atoms with Crippen molar-refractivity contribution in [2.24, 2.45) is 0 Å². The van der Waals surface area contributed by atoms with Crippen LogP contribution in [0, 0.1) is 12.7 Å². The summed E-state index contributed by atoms with van der Waals surface area (Å²) >= 11 is 0. The van der Waals surface area contributed by atoms with Crippen molar-refractivity contribution < 1.29 is 24.1 Å². The average Bonchev–Trinajstić information content (AvgIpc) is 2.61. The van der Waals surface area contributed by atoms with Crippen LogP contribution in [0.5, 0.6) is 17.2 Å². The summed E-state index contributed by atoms with van der Waals surface area (Å²) in [6.45, 7) is 3.44. The zero-order chi connectivity index (χ0) is 19.1. The van der Waals surface area contributed by atoms with Crippen molar-refractivity contribution in [3.8, 4) is 17.2 Å². The summed E-state index contributed by atoms with van der Waals surface area (Å²) < 4.78 is 18.9. The van der Waals surface area contributed by atoms with E-state index in [4.69, 9.17) is 4.74 Å². The largest absolute Gasteiger partial charge is 0.508 e. The summed E-state index contributed by atoms with van der Waals surface area (Å²) in [5.74, 6) is -0.893. The molecule has 0 aliphatic heterocycles. The van der Waals surface area contributed by atoms with E-state index in [0.717, 1.165) is 25.7 Å². The number of benzene rings is 2. The first-order valence-corrected chi connectivity index (χ1v) is 8.89. The van der Waals surface area contributed by atoms with Gasteiger partial charge in [-0.1, -0.05) is 32.3 Å². The highest BCUT2D eigenvalue weighted by molar-refractivity contribution is 6.00. The summed E-state index contributed by atoms with van der Waals surface area (Å²) in [6.07, 6.45) is 4.81. The second kappa shape index (κ2) is 9.22. The first kappa shape index (κ1) is 19.8. The molecule has 0 fully saturated rings. The predicted molar refractivity (Wildman–Crippen MR) is 98.6 cm³/mol. The van der Waals surface area contributed by atoms with E-state index in [0.29, 0.717) is 17.5 Å². The molecule has 2 N–H and O–H groups in total. The van der Waals surface area contributed by atoms with Gasteiger partial charge < -0.3 is 14.9 Å². The number of Topliss-reactive ketones (excluding diaryl/α,β-unsaturated/α-hetero) is 1. The molecule has 0 bridgehead atoms. The molecule has 2 aromatic rings. The quantitative estimate of drug-likeness (QED) is 0.491. The fourth-order valence-corrected chi connectivity index (χ4v) is 2.68. The number of aromatic hydroxyl groups is 2. The van der Waals surface area contributed by atoms with Crippen LogP contribution in [0.25, 0.3) is 0 Å². The number of aryl methyl sites for hydroxylation is 2. The number of phenolic OH excluding ortho intramolecular Hbond substituents is 2. The summed E-state index contributed by atoms with van der Waals surface area (Å²) in [6, 6.07) is 7.08. The van der Waals surface area contributed by atoms with E-state index in [1.807, 2.05) is 0 Å². The van der Waals surface area contributed by atoms with Gasteiger partial charge in [-0.15, -0.1) is 0 Å². The Balaban J connectivity index is 2.05. The molecule has 0 aromatic heterocycles. The second-order valence-electron chi connectivity index (χ2n) is 6.43. The van der Waals surface area contributed by atoms with Crippen LogP contribution in [0.3, 0.4) is 0 Å². The summed E-state index contributed by atoms with van der Waals surface area (Å²) in [5.41, 5.74) is 1.22. The lowest BCUT2D eigenvalue weighted by Gasteiger charge is -2.11. The van der Waals surface area contributed by atoms with Gasteiger partial charge in [0.2, 0.25) is 5.78 Å². The maximum Gasteiger partial charge on any atom is 0.203 e. The molecule has 0 aliphatic carbocycles. The third kappa shape index (κ3) is 5.22. The molecule has 0 saturated heterocycles. The molecule has 0 unspecified atom stereocenters. The first-order valence-electron chi connectivity index (χ1n) is 8.89. The van der Waals surface area contributed by atoms with E-state index in [2.05, 4.69) is 6.92 Å². The van der Waals surface area contributed by atoms with Crippen molar-refractivity contribution in [3.05, 3.63) is 52.8 Å². The van der Waals surface area contributed by atoms with E-state index < -0.39 is 11.6 Å². The van der Waals surface area contributed by atoms with Crippen molar-refractivity contribution in [1.82, 2.24) is 0 Å². The van der Waals surface area contributed by atoms with Gasteiger partial charge in [0.25, 0.3) is 0 Å². The van der Waals surface area contributed by atoms with Gasteiger partial charge in [0.05, 0.1) is 5.56 Å². The van der Waals surface area contributed by atoms with Crippen LogP contribution in [-0.4, -0.2) is 22.6 Å². The standard InChI is InChI=1S/C21H25FO4/c1-3-4-5-6-7-15-10-17(20(24)12-19(15)23)21(25)13-26-16-9-8-14(2)18(22)11-16/h8-12,23-24H,3-7,13H2,1-2H3. The van der Waals surface area contributed by atoms with Crippen LogP contribution in [0.15, 0.2) is 30.3 Å². The van der Waals surface area contributed by atoms with E-state index in [9.17, 15) is 19.4 Å². The van der Waals surface area contributed by atoms with Crippen LogP contribution in [0.2, 0.25) is 0 Å². The van der Waals surface area contributed by atoms with Crippen molar-refractivity contribution in [2.45, 2.75) is 46.0 Å². The molecule has 0 spiro atoms. The van der Waals surface area contributed by atoms with Gasteiger partial charge in [-0.3, -0.25) is 4.79 Å². The van der Waals surface area contributed by atoms with Crippen LogP contribution in [0.1, 0.15) is 54.1 Å². The van der Waals surface area contributed by atoms with Gasteiger partial charge >= 0.3 is 0 Å². The van der Waals surface area contributed by atoms with Crippen molar-refractivity contribution in [2.75, 3.05) is 6.61 Å². The topological polar surface area (TPSA) is 66.8 Å². The highest BCUT2D eigenvalue weighted by atomic mass is 19.1. The Morgan fingerprint density at radius 3 is 2.54 bits per heavy atom. The highest BCUT2D eigenvalue weighted by Gasteiger charge is 2.16. The molecular formula is C21H25FO4. The van der Waals surface area contributed by atoms with Gasteiger partial charge in [-0.05, 0) is 43.0 Å². The third-order valence-electron chi connectivity index (χ3n) is 4.31. The van der Waals surface area contributed by atoms with Crippen LogP contribution in [-0.2, 0) is 6.42 Å². The number of halogens is 1. The number of carbonyl (C=O) groups is 1. The van der Waals surface area contributed by atoms with Gasteiger partial charge in [0.1, 0.15) is 23.1 Å². The zero-order valence-corrected chi connectivity index (χ0v) is 15.2. The summed E-state index contributed by atoms with van der Waals surface area (Å²) in [5, 5.41) is 20.0. The Bertz CT molecular complexity index is 771. The monoisotopic (exact) mass is 360 g/mol. The number of hydrogen-bond donors (Lipinski definition) is 2. The zero-order valence-electron chi connectivity index (χ0n) is 15.2. The Labute approximate surface area is 153 Å². The van der Waals surface area contributed by atoms with Gasteiger partial charge in [0, 0.05) is 12.1 Å². The van der Waals surface area contributed by atoms with Gasteiger partial charge in [-0.2, -0.15) is 0 Å². The van der Waals surface area contributed by atoms with E-state index in [1.54, 1.807) is 19.1 Å². The molecule has 0 radical (unpaired) electrons. The minimum absolute atomic E-state index is 0.0166. The molecule has 0 aliphatic rings. The fraction of sp³-hybridized carbons (Fsp3) is 0.381. The summed E-state index contributed by atoms with van der Waals surface area (Å²) in [4.78, 5) is 12.4. The maximum atomic E-state index is 13.5. The van der Waals surface area contributed by atoms with Crippen LogP contribution < -0.4 is 4.74 Å². The van der Waals surface area contributed by atoms with Gasteiger partial charge in [0.15, 0.2) is 6.61 Å². The van der Waals surface area contributed by atoms with Crippen LogP contribution in [0.4, 0.5) is 4.39 Å². The second-order valence-corrected chi connectivity index (χ2v) is 6.43. The number of carbonyl (C=O) groups excluding carboxylic acids is 1. The molecule has 2 rings (SSSR count). The molecular weight excluding hydrogens is 335 g/mol. The van der Waals surface area contributed by atoms with Gasteiger partial charge in [-0.25, -0.2) is 4.39 Å². The Kier molecular flexibility index (Phi) is 7.01. The Hall–Kier alpha value is -2.56. The average molecular weight is 360 g/mol. The smallest absolute Gasteiger partial charge is 0.203 e. The minimum atomic E-state index is -0.432. The Morgan fingerprint density at radius 1 is 1.08 bits per heavy atom. The van der Waals surface area contributed by atoms with Crippen molar-refractivity contribution in [3.63, 3.8) is 0 Å². The van der Waals surface area contributed by atoms with Crippen LogP contribution >= 0.6 is 0 Å². The number of hydrogen-bond acceptors (Lipinski definition) is 4. The van der Waals surface area contributed by atoms with Crippen molar-refractivity contribution >= 4 is 5.78 Å². The molecule has 26 heavy (non-hydrogen) atoms. The minimum Gasteiger partial charge on any atom is -0.508 e. The van der Waals surface area contributed by atoms with E-state index >= 15 is 0 Å². The molecule has 0 amide bonds. The molecule has 5 heteroatoms. The highest BCUT2D eigenvalue weighted by Crippen LogP contribution is 2.29. The van der Waals surface area contributed by atoms with E-state index in [1.165, 1.54) is 18.2 Å². The molecule has 2 aromatic carbocycles. The third-order valence-corrected chi connectivity index (χ3v) is 4.31. The van der Waals surface area contributed by atoms with E-state index in [-0.39, 0.29) is 29.4 Å². The molecule has 0 saturated carbocycles.